The van der Waals surface area contributed by atoms with E-state index in [0.29, 0.717) is 36.3 Å². The van der Waals surface area contributed by atoms with Crippen molar-refractivity contribution in [3.8, 4) is 17.5 Å². The first-order chi connectivity index (χ1) is 22.5. The maximum absolute atomic E-state index is 9.08. The first kappa shape index (κ1) is 29.1. The van der Waals surface area contributed by atoms with Crippen molar-refractivity contribution < 1.29 is 0 Å². The number of nitrogens with one attached hydrogen (secondary N) is 3. The van der Waals surface area contributed by atoms with Gasteiger partial charge in [-0.3, -0.25) is 15.2 Å². The first-order valence-corrected chi connectivity index (χ1v) is 15.4. The summed E-state index contributed by atoms with van der Waals surface area (Å²) < 4.78 is 0. The molecule has 3 aliphatic heterocycles. The third-order valence-corrected chi connectivity index (χ3v) is 8.35. The van der Waals surface area contributed by atoms with E-state index in [0.717, 1.165) is 61.2 Å². The minimum absolute atomic E-state index is 0.178. The number of fused-ring (bicyclic) bond motifs is 1. The van der Waals surface area contributed by atoms with Crippen LogP contribution in [0.5, 0.6) is 0 Å². The number of aliphatic imine (C=N–C) groups is 1. The fraction of sp³-hybridized carbons (Fsp3) is 0.312. The number of nitriles is 1. The third-order valence-electron chi connectivity index (χ3n) is 8.35. The number of amidine groups is 1. The van der Waals surface area contributed by atoms with E-state index in [4.69, 9.17) is 15.7 Å². The molecule has 232 valence electrons. The molecule has 46 heavy (non-hydrogen) atoms. The van der Waals surface area contributed by atoms with Crippen LogP contribution in [0.4, 0.5) is 23.0 Å². The van der Waals surface area contributed by atoms with Gasteiger partial charge in [0, 0.05) is 50.8 Å². The van der Waals surface area contributed by atoms with Crippen molar-refractivity contribution in [2.75, 3.05) is 42.2 Å². The summed E-state index contributed by atoms with van der Waals surface area (Å²) in [5.74, 6) is 2.55. The maximum atomic E-state index is 9.08. The summed E-state index contributed by atoms with van der Waals surface area (Å²) in [4.78, 5) is 25.7. The highest BCUT2D eigenvalue weighted by Gasteiger charge is 2.33. The lowest BCUT2D eigenvalue weighted by Crippen LogP contribution is -2.38. The zero-order valence-electron chi connectivity index (χ0n) is 25.7. The molecule has 14 nitrogen and oxygen atoms in total. The highest BCUT2D eigenvalue weighted by Crippen LogP contribution is 2.43. The molecule has 0 atom stereocenters. The van der Waals surface area contributed by atoms with Crippen LogP contribution in [0, 0.1) is 16.7 Å². The number of likely N-dealkylation sites (N-methyl/N-ethyl adjacent to an activating group) is 1. The van der Waals surface area contributed by atoms with E-state index in [1.54, 1.807) is 29.5 Å². The van der Waals surface area contributed by atoms with Crippen molar-refractivity contribution >= 4 is 35.1 Å². The lowest BCUT2D eigenvalue weighted by atomic mass is 10.0. The van der Waals surface area contributed by atoms with Crippen LogP contribution >= 0.6 is 0 Å². The van der Waals surface area contributed by atoms with Gasteiger partial charge in [0.05, 0.1) is 30.7 Å². The molecule has 1 fully saturated rings. The SMILES string of the molecule is CCn1ncc(-c2ccc3c(n2)N(c2ccc(CN4CCC(Nc5ccnc(C#N)n5)CC4)cc2)/C(=C2/C(=N)N=CCN2C)N3)n1. The molecule has 0 spiro atoms. The monoisotopic (exact) mass is 614 g/mol. The van der Waals surface area contributed by atoms with Gasteiger partial charge in [-0.2, -0.15) is 20.3 Å². The van der Waals surface area contributed by atoms with E-state index in [9.17, 15) is 0 Å². The van der Waals surface area contributed by atoms with E-state index in [2.05, 4.69) is 69.9 Å². The number of anilines is 4. The number of hydrogen-bond acceptors (Lipinski definition) is 12. The number of aryl methyl sites for hydroxylation is 1. The number of pyridine rings is 1. The second-order valence-corrected chi connectivity index (χ2v) is 11.4. The third kappa shape index (κ3) is 5.75. The van der Waals surface area contributed by atoms with Gasteiger partial charge in [-0.15, -0.1) is 0 Å². The Bertz CT molecular complexity index is 1860. The van der Waals surface area contributed by atoms with Crippen LogP contribution in [0.2, 0.25) is 0 Å². The summed E-state index contributed by atoms with van der Waals surface area (Å²) in [6, 6.07) is 16.6. The molecule has 0 saturated carbocycles. The van der Waals surface area contributed by atoms with Gasteiger partial charge in [-0.1, -0.05) is 12.1 Å². The van der Waals surface area contributed by atoms with Crippen LogP contribution < -0.4 is 15.5 Å². The van der Waals surface area contributed by atoms with Crippen molar-refractivity contribution in [3.05, 3.63) is 77.8 Å². The topological polar surface area (TPSA) is 163 Å². The smallest absolute Gasteiger partial charge is 0.234 e. The Balaban J connectivity index is 1.11. The average molecular weight is 615 g/mol. The minimum atomic E-state index is 0.178. The molecule has 1 saturated heterocycles. The van der Waals surface area contributed by atoms with Gasteiger partial charge >= 0.3 is 0 Å². The van der Waals surface area contributed by atoms with Gasteiger partial charge in [-0.25, -0.2) is 19.9 Å². The van der Waals surface area contributed by atoms with Crippen LogP contribution in [0.25, 0.3) is 11.4 Å². The van der Waals surface area contributed by atoms with E-state index in [1.165, 1.54) is 5.56 Å². The van der Waals surface area contributed by atoms with Crippen LogP contribution in [0.15, 0.2) is 71.4 Å². The molecule has 0 amide bonds. The van der Waals surface area contributed by atoms with E-state index in [1.807, 2.05) is 37.1 Å². The summed E-state index contributed by atoms with van der Waals surface area (Å²) in [7, 11) is 1.96. The van der Waals surface area contributed by atoms with Crippen molar-refractivity contribution in [1.82, 2.24) is 39.7 Å². The van der Waals surface area contributed by atoms with Gasteiger partial charge in [0.15, 0.2) is 11.7 Å². The normalized spacial score (nSPS) is 18.4. The van der Waals surface area contributed by atoms with Crippen molar-refractivity contribution in [1.29, 1.82) is 10.7 Å². The van der Waals surface area contributed by atoms with Crippen molar-refractivity contribution in [2.24, 2.45) is 4.99 Å². The van der Waals surface area contributed by atoms with Crippen LogP contribution in [0.3, 0.4) is 0 Å². The largest absolute Gasteiger partial charge is 0.367 e. The number of hydrogen-bond donors (Lipinski definition) is 3. The predicted octanol–water partition coefficient (Wildman–Crippen LogP) is 3.82. The lowest BCUT2D eigenvalue weighted by Gasteiger charge is -2.32. The number of likely N-dealkylation sites (tertiary alicyclic amines) is 1. The van der Waals surface area contributed by atoms with Crippen molar-refractivity contribution in [2.45, 2.75) is 38.9 Å². The summed E-state index contributed by atoms with van der Waals surface area (Å²) in [5, 5.41) is 33.6. The fourth-order valence-corrected chi connectivity index (χ4v) is 5.96. The van der Waals surface area contributed by atoms with Gasteiger partial charge in [0.1, 0.15) is 29.1 Å². The summed E-state index contributed by atoms with van der Waals surface area (Å²) in [6.07, 6.45) is 7.07. The van der Waals surface area contributed by atoms with E-state index in [-0.39, 0.29) is 11.7 Å². The standard InChI is InChI=1S/C32H34N14/c1-3-45-37-19-26(42-45)24-8-9-25-31(39-24)46(32(40-25)29-30(34)36-14-17-43(29)2)23-6-4-21(5-7-23)20-44-15-11-22(12-16-44)38-27-10-13-35-28(18-33)41-27/h4-10,13-14,19,22,34,40H,3,11-12,15-17,20H2,1-2H3,(H,35,38,41)/b32-29-,34-30?. The summed E-state index contributed by atoms with van der Waals surface area (Å²) in [5.41, 5.74) is 5.12. The predicted molar refractivity (Wildman–Crippen MR) is 176 cm³/mol. The summed E-state index contributed by atoms with van der Waals surface area (Å²) >= 11 is 0. The highest BCUT2D eigenvalue weighted by molar-refractivity contribution is 6.05. The second kappa shape index (κ2) is 12.4. The van der Waals surface area contributed by atoms with Gasteiger partial charge in [0.2, 0.25) is 5.82 Å². The molecule has 3 aliphatic rings. The molecule has 14 heteroatoms. The van der Waals surface area contributed by atoms with Gasteiger partial charge in [0.25, 0.3) is 0 Å². The van der Waals surface area contributed by atoms with E-state index >= 15 is 0 Å². The Morgan fingerprint density at radius 3 is 2.63 bits per heavy atom. The molecule has 6 heterocycles. The molecular formula is C32H34N14. The highest BCUT2D eigenvalue weighted by atomic mass is 15.5. The molecule has 0 bridgehead atoms. The quantitative estimate of drug-likeness (QED) is 0.277. The molecule has 3 N–H and O–H groups in total. The molecule has 7 rings (SSSR count). The average Bonchev–Trinajstić information content (AvgIpc) is 3.71. The number of piperidine rings is 1. The molecular weight excluding hydrogens is 580 g/mol. The zero-order chi connectivity index (χ0) is 31.6. The molecule has 0 radical (unpaired) electrons. The Hall–Kier alpha value is -5.68. The van der Waals surface area contributed by atoms with Crippen LogP contribution in [0.1, 0.15) is 31.2 Å². The molecule has 4 aromatic rings. The number of benzene rings is 1. The van der Waals surface area contributed by atoms with Crippen LogP contribution in [-0.4, -0.2) is 84.5 Å². The first-order valence-electron chi connectivity index (χ1n) is 15.4. The second-order valence-electron chi connectivity index (χ2n) is 11.4. The Labute approximate surface area is 266 Å². The van der Waals surface area contributed by atoms with Crippen LogP contribution in [-0.2, 0) is 13.1 Å². The van der Waals surface area contributed by atoms with Gasteiger partial charge < -0.3 is 15.5 Å². The Morgan fingerprint density at radius 2 is 1.89 bits per heavy atom. The zero-order valence-corrected chi connectivity index (χ0v) is 25.7. The number of rotatable bonds is 7. The molecule has 0 unspecified atom stereocenters. The Morgan fingerprint density at radius 1 is 1.07 bits per heavy atom. The Kier molecular flexibility index (Phi) is 7.81. The van der Waals surface area contributed by atoms with E-state index < -0.39 is 0 Å². The number of nitrogens with zero attached hydrogens (tertiary/aromatic N) is 11. The molecule has 3 aromatic heterocycles. The minimum Gasteiger partial charge on any atom is -0.367 e. The maximum Gasteiger partial charge on any atom is 0.234 e. The summed E-state index contributed by atoms with van der Waals surface area (Å²) in [6.45, 7) is 6.05. The molecule has 1 aromatic carbocycles. The number of aromatic nitrogens is 6. The van der Waals surface area contributed by atoms with Gasteiger partial charge in [-0.05, 0) is 55.7 Å². The van der Waals surface area contributed by atoms with Crippen molar-refractivity contribution in [3.63, 3.8) is 0 Å². The molecule has 0 aliphatic carbocycles. The fourth-order valence-electron chi connectivity index (χ4n) is 5.96. The lowest BCUT2D eigenvalue weighted by molar-refractivity contribution is 0.211.